The fourth-order valence-electron chi connectivity index (χ4n) is 1.18. The van der Waals surface area contributed by atoms with Crippen molar-refractivity contribution in [3.05, 3.63) is 5.69 Å². The Morgan fingerprint density at radius 2 is 2.20 bits per heavy atom. The van der Waals surface area contributed by atoms with Crippen molar-refractivity contribution in [2.45, 2.75) is 19.4 Å². The molecule has 0 spiro atoms. The molecule has 7 heteroatoms. The second-order valence-electron chi connectivity index (χ2n) is 3.97. The third-order valence-electron chi connectivity index (χ3n) is 1.69. The summed E-state index contributed by atoms with van der Waals surface area (Å²) in [5.41, 5.74) is 4.35. The Morgan fingerprint density at radius 1 is 1.60 bits per heavy atom. The Hall–Kier alpha value is -1.63. The van der Waals surface area contributed by atoms with Crippen LogP contribution in [0.15, 0.2) is 4.63 Å². The average molecular weight is 214 g/mol. The molecule has 1 aromatic rings. The zero-order chi connectivity index (χ0) is 11.6. The summed E-state index contributed by atoms with van der Waals surface area (Å²) in [7, 11) is 1.54. The Kier molecular flexibility index (Phi) is 2.94. The van der Waals surface area contributed by atoms with Crippen molar-refractivity contribution in [3.63, 3.8) is 0 Å². The van der Waals surface area contributed by atoms with Gasteiger partial charge in [0.2, 0.25) is 11.5 Å². The van der Waals surface area contributed by atoms with Crippen molar-refractivity contribution in [1.29, 1.82) is 0 Å². The maximum atomic E-state index is 11.7. The second-order valence-corrected chi connectivity index (χ2v) is 3.97. The van der Waals surface area contributed by atoms with Gasteiger partial charge < -0.3 is 15.7 Å². The molecule has 1 amide bonds. The van der Waals surface area contributed by atoms with E-state index in [2.05, 4.69) is 14.9 Å². The third kappa shape index (κ3) is 2.91. The standard InChI is InChI=1S/C8H14N4O3/c1-8(2,14)4-12(3)7(13)5-6(9)11-15-10-5/h14H,4H2,1-3H3,(H2,9,11). The third-order valence-corrected chi connectivity index (χ3v) is 1.69. The van der Waals surface area contributed by atoms with Crippen LogP contribution in [0.1, 0.15) is 24.3 Å². The molecule has 1 rings (SSSR count). The second kappa shape index (κ2) is 3.85. The van der Waals surface area contributed by atoms with Gasteiger partial charge in [-0.2, -0.15) is 0 Å². The first-order chi connectivity index (χ1) is 6.81. The Morgan fingerprint density at radius 3 is 2.60 bits per heavy atom. The molecular weight excluding hydrogens is 200 g/mol. The van der Waals surface area contributed by atoms with Gasteiger partial charge in [0.15, 0.2) is 0 Å². The topological polar surface area (TPSA) is 105 Å². The maximum Gasteiger partial charge on any atom is 0.279 e. The van der Waals surface area contributed by atoms with Crippen LogP contribution in [-0.4, -0.2) is 45.4 Å². The lowest BCUT2D eigenvalue weighted by Gasteiger charge is -2.24. The predicted molar refractivity (Wildman–Crippen MR) is 52.0 cm³/mol. The molecule has 0 radical (unpaired) electrons. The summed E-state index contributed by atoms with van der Waals surface area (Å²) in [6.07, 6.45) is 0. The SMILES string of the molecule is CN(CC(C)(C)O)C(=O)c1nonc1N. The van der Waals surface area contributed by atoms with E-state index in [-0.39, 0.29) is 18.1 Å². The molecule has 0 aliphatic heterocycles. The number of amides is 1. The van der Waals surface area contributed by atoms with Crippen molar-refractivity contribution in [2.24, 2.45) is 0 Å². The number of aliphatic hydroxyl groups is 1. The summed E-state index contributed by atoms with van der Waals surface area (Å²) in [6.45, 7) is 3.36. The first-order valence-electron chi connectivity index (χ1n) is 4.37. The maximum absolute atomic E-state index is 11.7. The number of hydrogen-bond donors (Lipinski definition) is 2. The minimum atomic E-state index is -0.976. The molecule has 1 aromatic heterocycles. The van der Waals surface area contributed by atoms with E-state index in [1.54, 1.807) is 13.8 Å². The molecule has 0 aliphatic carbocycles. The lowest BCUT2D eigenvalue weighted by atomic mass is 10.1. The van der Waals surface area contributed by atoms with E-state index < -0.39 is 11.5 Å². The quantitative estimate of drug-likeness (QED) is 0.702. The molecule has 0 saturated heterocycles. The van der Waals surface area contributed by atoms with Crippen molar-refractivity contribution >= 4 is 11.7 Å². The van der Waals surface area contributed by atoms with Crippen LogP contribution < -0.4 is 5.73 Å². The molecule has 7 nitrogen and oxygen atoms in total. The van der Waals surface area contributed by atoms with Crippen LogP contribution >= 0.6 is 0 Å². The summed E-state index contributed by atoms with van der Waals surface area (Å²) in [5.74, 6) is -0.488. The molecule has 3 N–H and O–H groups in total. The highest BCUT2D eigenvalue weighted by Crippen LogP contribution is 2.10. The van der Waals surface area contributed by atoms with E-state index in [0.717, 1.165) is 0 Å². The van der Waals surface area contributed by atoms with Crippen molar-refractivity contribution < 1.29 is 14.5 Å². The van der Waals surface area contributed by atoms with Crippen molar-refractivity contribution in [3.8, 4) is 0 Å². The lowest BCUT2D eigenvalue weighted by Crippen LogP contribution is -2.40. The number of anilines is 1. The minimum Gasteiger partial charge on any atom is -0.389 e. The summed E-state index contributed by atoms with van der Waals surface area (Å²) >= 11 is 0. The fraction of sp³-hybridized carbons (Fsp3) is 0.625. The number of nitrogen functional groups attached to an aromatic ring is 1. The van der Waals surface area contributed by atoms with Gasteiger partial charge in [-0.1, -0.05) is 0 Å². The Bertz CT molecular complexity index is 355. The van der Waals surface area contributed by atoms with E-state index in [1.165, 1.54) is 11.9 Å². The highest BCUT2D eigenvalue weighted by Gasteiger charge is 2.24. The Balaban J connectivity index is 2.74. The molecule has 0 atom stereocenters. The summed E-state index contributed by atoms with van der Waals surface area (Å²) in [5, 5.41) is 16.2. The number of rotatable bonds is 3. The number of aromatic nitrogens is 2. The fourth-order valence-corrected chi connectivity index (χ4v) is 1.18. The van der Waals surface area contributed by atoms with Crippen LogP contribution in [0.2, 0.25) is 0 Å². The van der Waals surface area contributed by atoms with Crippen LogP contribution in [0.25, 0.3) is 0 Å². The van der Waals surface area contributed by atoms with E-state index in [9.17, 15) is 9.90 Å². The number of nitrogens with zero attached hydrogens (tertiary/aromatic N) is 3. The zero-order valence-electron chi connectivity index (χ0n) is 8.89. The predicted octanol–water partition coefficient (Wildman–Crippen LogP) is -0.505. The monoisotopic (exact) mass is 214 g/mol. The highest BCUT2D eigenvalue weighted by atomic mass is 16.6. The van der Waals surface area contributed by atoms with Crippen molar-refractivity contribution in [2.75, 3.05) is 19.3 Å². The van der Waals surface area contributed by atoms with Crippen LogP contribution in [0.3, 0.4) is 0 Å². The van der Waals surface area contributed by atoms with Crippen LogP contribution in [0.4, 0.5) is 5.82 Å². The molecule has 0 aliphatic rings. The van der Waals surface area contributed by atoms with Crippen LogP contribution in [0, 0.1) is 0 Å². The van der Waals surface area contributed by atoms with Gasteiger partial charge in [-0.3, -0.25) is 4.79 Å². The molecular formula is C8H14N4O3. The van der Waals surface area contributed by atoms with Gasteiger partial charge in [0.05, 0.1) is 5.60 Å². The first-order valence-corrected chi connectivity index (χ1v) is 4.37. The molecule has 0 aromatic carbocycles. The molecule has 0 saturated carbocycles. The van der Waals surface area contributed by atoms with E-state index in [0.29, 0.717) is 0 Å². The normalized spacial score (nSPS) is 11.5. The Labute approximate surface area is 86.8 Å². The van der Waals surface area contributed by atoms with Gasteiger partial charge in [0.1, 0.15) is 0 Å². The smallest absolute Gasteiger partial charge is 0.279 e. The molecule has 0 unspecified atom stereocenters. The largest absolute Gasteiger partial charge is 0.389 e. The van der Waals surface area contributed by atoms with E-state index in [1.807, 2.05) is 0 Å². The van der Waals surface area contributed by atoms with Gasteiger partial charge in [-0.25, -0.2) is 4.63 Å². The number of carbonyl (C=O) groups is 1. The number of likely N-dealkylation sites (N-methyl/N-ethyl adjacent to an activating group) is 1. The van der Waals surface area contributed by atoms with Gasteiger partial charge in [-0.15, -0.1) is 0 Å². The lowest BCUT2D eigenvalue weighted by molar-refractivity contribution is 0.0363. The van der Waals surface area contributed by atoms with Crippen LogP contribution in [0.5, 0.6) is 0 Å². The highest BCUT2D eigenvalue weighted by molar-refractivity contribution is 5.95. The summed E-state index contributed by atoms with van der Waals surface area (Å²) < 4.78 is 4.31. The van der Waals surface area contributed by atoms with E-state index in [4.69, 9.17) is 5.73 Å². The average Bonchev–Trinajstić information content (AvgIpc) is 2.47. The number of carbonyl (C=O) groups excluding carboxylic acids is 1. The summed E-state index contributed by atoms with van der Waals surface area (Å²) in [6, 6.07) is 0. The molecule has 1 heterocycles. The molecule has 84 valence electrons. The van der Waals surface area contributed by atoms with Crippen molar-refractivity contribution in [1.82, 2.24) is 15.2 Å². The summed E-state index contributed by atoms with van der Waals surface area (Å²) in [4.78, 5) is 13.0. The van der Waals surface area contributed by atoms with E-state index >= 15 is 0 Å². The van der Waals surface area contributed by atoms with Gasteiger partial charge >= 0.3 is 0 Å². The number of hydrogen-bond acceptors (Lipinski definition) is 6. The minimum absolute atomic E-state index is 0.0400. The van der Waals surface area contributed by atoms with Crippen LogP contribution in [-0.2, 0) is 0 Å². The van der Waals surface area contributed by atoms with Gasteiger partial charge in [0.25, 0.3) is 5.91 Å². The number of nitrogens with two attached hydrogens (primary N) is 1. The molecule has 15 heavy (non-hydrogen) atoms. The van der Waals surface area contributed by atoms with Gasteiger partial charge in [0, 0.05) is 13.6 Å². The first kappa shape index (κ1) is 11.4. The molecule has 0 bridgehead atoms. The van der Waals surface area contributed by atoms with Gasteiger partial charge in [-0.05, 0) is 24.2 Å². The zero-order valence-corrected chi connectivity index (χ0v) is 8.89. The molecule has 0 fully saturated rings.